The van der Waals surface area contributed by atoms with E-state index in [1.54, 1.807) is 0 Å². The molecule has 88 valence electrons. The summed E-state index contributed by atoms with van der Waals surface area (Å²) in [6, 6.07) is 21.2. The average molecular weight is 241 g/mol. The van der Waals surface area contributed by atoms with E-state index in [-0.39, 0.29) is 0 Å². The van der Waals surface area contributed by atoms with Crippen molar-refractivity contribution in [1.82, 2.24) is 0 Å². The zero-order chi connectivity index (χ0) is 12.3. The van der Waals surface area contributed by atoms with Crippen molar-refractivity contribution in [3.05, 3.63) is 71.8 Å². The molecule has 17 heavy (non-hydrogen) atoms. The van der Waals surface area contributed by atoms with Crippen molar-refractivity contribution in [2.24, 2.45) is 5.40 Å². The summed E-state index contributed by atoms with van der Waals surface area (Å²) in [5, 5.41) is 6.48. The molecule has 0 fully saturated rings. The van der Waals surface area contributed by atoms with Gasteiger partial charge in [0.2, 0.25) is 0 Å². The first-order valence-electron chi connectivity index (χ1n) is 5.98. The fourth-order valence-corrected chi connectivity index (χ4v) is 4.45. The number of rotatable bonds is 3. The van der Waals surface area contributed by atoms with E-state index in [4.69, 9.17) is 5.40 Å². The van der Waals surface area contributed by atoms with Crippen LogP contribution in [0.15, 0.2) is 60.7 Å². The van der Waals surface area contributed by atoms with E-state index in [2.05, 4.69) is 73.8 Å². The van der Waals surface area contributed by atoms with Crippen LogP contribution in [0.2, 0.25) is 13.1 Å². The predicted molar refractivity (Wildman–Crippen MR) is 76.4 cm³/mol. The Morgan fingerprint density at radius 2 is 1.12 bits per heavy atom. The van der Waals surface area contributed by atoms with E-state index >= 15 is 0 Å². The molecule has 0 spiro atoms. The minimum atomic E-state index is -1.77. The highest BCUT2D eigenvalue weighted by atomic mass is 28.3. The van der Waals surface area contributed by atoms with Gasteiger partial charge in [-0.3, -0.25) is 0 Å². The summed E-state index contributed by atoms with van der Waals surface area (Å²) < 4.78 is 0. The van der Waals surface area contributed by atoms with Gasteiger partial charge in [-0.15, -0.1) is 0 Å². The van der Waals surface area contributed by atoms with Crippen LogP contribution in [0.5, 0.6) is 0 Å². The number of benzene rings is 2. The van der Waals surface area contributed by atoms with E-state index in [0.717, 1.165) is 0 Å². The van der Waals surface area contributed by atoms with E-state index < -0.39 is 8.24 Å². The van der Waals surface area contributed by atoms with E-state index in [1.807, 2.05) is 0 Å². The molecule has 0 aliphatic heterocycles. The summed E-state index contributed by atoms with van der Waals surface area (Å²) >= 11 is 0. The Kier molecular flexibility index (Phi) is 3.45. The van der Waals surface area contributed by atoms with Crippen LogP contribution < -0.4 is 5.40 Å². The normalized spacial score (nSPS) is 11.8. The second kappa shape index (κ2) is 4.86. The maximum atomic E-state index is 6.48. The molecule has 2 N–H and O–H groups in total. The highest BCUT2D eigenvalue weighted by Gasteiger charge is 2.30. The fraction of sp³-hybridized carbons (Fsp3) is 0.200. The summed E-state index contributed by atoms with van der Waals surface area (Å²) in [6.45, 7) is 4.44. The Morgan fingerprint density at radius 3 is 1.41 bits per heavy atom. The van der Waals surface area contributed by atoms with Crippen LogP contribution >= 0.6 is 0 Å². The third-order valence-electron chi connectivity index (χ3n) is 3.01. The van der Waals surface area contributed by atoms with Crippen molar-refractivity contribution in [2.45, 2.75) is 18.6 Å². The Morgan fingerprint density at radius 1 is 0.765 bits per heavy atom. The largest absolute Gasteiger partial charge is 0.350 e. The third-order valence-corrected chi connectivity index (χ3v) is 5.16. The number of hydrogen-bond donors (Lipinski definition) is 1. The van der Waals surface area contributed by atoms with Gasteiger partial charge in [-0.2, -0.15) is 0 Å². The predicted octanol–water partition coefficient (Wildman–Crippen LogP) is 3.52. The minimum Gasteiger partial charge on any atom is -0.350 e. The van der Waals surface area contributed by atoms with Crippen LogP contribution in [0.3, 0.4) is 0 Å². The molecule has 0 atom stereocenters. The monoisotopic (exact) mass is 241 g/mol. The maximum absolute atomic E-state index is 6.48. The van der Waals surface area contributed by atoms with Crippen molar-refractivity contribution in [3.63, 3.8) is 0 Å². The molecule has 2 aromatic rings. The topological polar surface area (TPSA) is 26.0 Å². The smallest absolute Gasteiger partial charge is 0.128 e. The van der Waals surface area contributed by atoms with Crippen molar-refractivity contribution in [3.8, 4) is 0 Å². The molecule has 0 aliphatic rings. The standard InChI is InChI=1S/C15H19NSi/c1-17(2,16)15(13-9-5-3-6-10-13)14-11-7-4-8-12-14/h3-12,15H,16H2,1-2H3. The molecule has 0 saturated carbocycles. The molecule has 0 unspecified atom stereocenters. The van der Waals surface area contributed by atoms with Crippen molar-refractivity contribution in [2.75, 3.05) is 0 Å². The summed E-state index contributed by atoms with van der Waals surface area (Å²) in [5.41, 5.74) is 3.03. The van der Waals surface area contributed by atoms with E-state index in [1.165, 1.54) is 11.1 Å². The number of nitrogens with two attached hydrogens (primary N) is 1. The fourth-order valence-electron chi connectivity index (χ4n) is 2.34. The second-order valence-corrected chi connectivity index (χ2v) is 9.30. The lowest BCUT2D eigenvalue weighted by atomic mass is 10.0. The second-order valence-electron chi connectivity index (χ2n) is 5.08. The van der Waals surface area contributed by atoms with Gasteiger partial charge >= 0.3 is 0 Å². The zero-order valence-electron chi connectivity index (χ0n) is 10.4. The molecular formula is C15H19NSi. The molecule has 2 rings (SSSR count). The Labute approximate surface area is 104 Å². The molecule has 0 radical (unpaired) electrons. The summed E-state index contributed by atoms with van der Waals surface area (Å²) in [6.07, 6.45) is 0. The maximum Gasteiger partial charge on any atom is 0.128 e. The van der Waals surface area contributed by atoms with Crippen molar-refractivity contribution >= 4 is 8.24 Å². The molecule has 1 nitrogen and oxygen atoms in total. The quantitative estimate of drug-likeness (QED) is 0.818. The zero-order valence-corrected chi connectivity index (χ0v) is 11.4. The molecule has 0 aliphatic carbocycles. The highest BCUT2D eigenvalue weighted by molar-refractivity contribution is 6.76. The molecule has 0 saturated heterocycles. The van der Waals surface area contributed by atoms with Gasteiger partial charge in [-0.1, -0.05) is 73.8 Å². The van der Waals surface area contributed by atoms with Gasteiger partial charge in [0.1, 0.15) is 8.24 Å². The molecule has 0 aromatic heterocycles. The molecule has 0 bridgehead atoms. The lowest BCUT2D eigenvalue weighted by molar-refractivity contribution is 1.06. The third kappa shape index (κ3) is 2.84. The molecular weight excluding hydrogens is 222 g/mol. The minimum absolute atomic E-state index is 0.366. The van der Waals surface area contributed by atoms with Crippen LogP contribution in [-0.2, 0) is 0 Å². The number of hydrogen-bond acceptors (Lipinski definition) is 1. The van der Waals surface area contributed by atoms with Gasteiger partial charge in [0.25, 0.3) is 0 Å². The lowest BCUT2D eigenvalue weighted by Gasteiger charge is -2.29. The van der Waals surface area contributed by atoms with Crippen LogP contribution in [0.4, 0.5) is 0 Å². The summed E-state index contributed by atoms with van der Waals surface area (Å²) in [7, 11) is -1.77. The molecule has 0 heterocycles. The summed E-state index contributed by atoms with van der Waals surface area (Å²) in [5.74, 6) is 0. The van der Waals surface area contributed by atoms with Crippen LogP contribution in [0, 0.1) is 0 Å². The highest BCUT2D eigenvalue weighted by Crippen LogP contribution is 2.30. The average Bonchev–Trinajstić information content (AvgIpc) is 2.30. The van der Waals surface area contributed by atoms with Crippen LogP contribution in [0.1, 0.15) is 16.7 Å². The van der Waals surface area contributed by atoms with E-state index in [0.29, 0.717) is 5.54 Å². The van der Waals surface area contributed by atoms with Crippen LogP contribution in [0.25, 0.3) is 0 Å². The van der Waals surface area contributed by atoms with Gasteiger partial charge < -0.3 is 5.40 Å². The molecule has 2 aromatic carbocycles. The Bertz CT molecular complexity index is 420. The van der Waals surface area contributed by atoms with Gasteiger partial charge in [-0.25, -0.2) is 0 Å². The van der Waals surface area contributed by atoms with Crippen molar-refractivity contribution in [1.29, 1.82) is 0 Å². The van der Waals surface area contributed by atoms with Gasteiger partial charge in [0.15, 0.2) is 0 Å². The van der Waals surface area contributed by atoms with Gasteiger partial charge in [-0.05, 0) is 11.1 Å². The Balaban J connectivity index is 2.48. The first-order valence-corrected chi connectivity index (χ1v) is 9.13. The van der Waals surface area contributed by atoms with Crippen molar-refractivity contribution < 1.29 is 0 Å². The molecule has 2 heteroatoms. The van der Waals surface area contributed by atoms with Gasteiger partial charge in [0, 0.05) is 5.54 Å². The first-order chi connectivity index (χ1) is 8.09. The summed E-state index contributed by atoms with van der Waals surface area (Å²) in [4.78, 5) is 0. The molecule has 0 amide bonds. The lowest BCUT2D eigenvalue weighted by Crippen LogP contribution is -2.46. The Hall–Kier alpha value is -1.38. The first kappa shape index (κ1) is 12.1. The van der Waals surface area contributed by atoms with Gasteiger partial charge in [0.05, 0.1) is 0 Å². The van der Waals surface area contributed by atoms with E-state index in [9.17, 15) is 0 Å². The van der Waals surface area contributed by atoms with Crippen LogP contribution in [-0.4, -0.2) is 8.24 Å². The SMILES string of the molecule is C[Si](C)(N)C(c1ccccc1)c1ccccc1.